The summed E-state index contributed by atoms with van der Waals surface area (Å²) in [5, 5.41) is 7.60. The van der Waals surface area contributed by atoms with E-state index in [4.69, 9.17) is 0 Å². The van der Waals surface area contributed by atoms with Gasteiger partial charge in [0.2, 0.25) is 0 Å². The number of nitrogens with zero attached hydrogens (tertiary/aromatic N) is 4. The van der Waals surface area contributed by atoms with Crippen molar-refractivity contribution in [1.82, 2.24) is 19.7 Å². The fraction of sp³-hybridized carbons (Fsp3) is 0.500. The maximum atomic E-state index is 4.60. The van der Waals surface area contributed by atoms with Crippen LogP contribution in [0.25, 0.3) is 11.5 Å². The fourth-order valence-corrected chi connectivity index (χ4v) is 1.91. The van der Waals surface area contributed by atoms with Gasteiger partial charge < -0.3 is 5.32 Å². The Hall–Kier alpha value is -1.91. The van der Waals surface area contributed by atoms with Gasteiger partial charge in [0, 0.05) is 31.0 Å². The van der Waals surface area contributed by atoms with Crippen molar-refractivity contribution in [1.29, 1.82) is 0 Å². The molecule has 1 N–H and O–H groups in total. The van der Waals surface area contributed by atoms with Gasteiger partial charge in [-0.25, -0.2) is 9.97 Å². The molecular formula is C14H21N5. The van der Waals surface area contributed by atoms with Gasteiger partial charge in [-0.3, -0.25) is 4.68 Å². The Morgan fingerprint density at radius 2 is 2.05 bits per heavy atom. The van der Waals surface area contributed by atoms with Crippen molar-refractivity contribution >= 4 is 5.82 Å². The zero-order valence-corrected chi connectivity index (χ0v) is 11.8. The van der Waals surface area contributed by atoms with Gasteiger partial charge in [-0.1, -0.05) is 13.8 Å². The van der Waals surface area contributed by atoms with Gasteiger partial charge in [-0.2, -0.15) is 5.10 Å². The summed E-state index contributed by atoms with van der Waals surface area (Å²) in [6, 6.07) is 3.98. The first kappa shape index (κ1) is 13.5. The first-order valence-corrected chi connectivity index (χ1v) is 6.92. The van der Waals surface area contributed by atoms with Crippen LogP contribution in [0, 0.1) is 0 Å². The molecule has 0 bridgehead atoms. The van der Waals surface area contributed by atoms with Crippen LogP contribution in [-0.4, -0.2) is 26.3 Å². The van der Waals surface area contributed by atoms with Crippen molar-refractivity contribution in [2.45, 2.75) is 40.2 Å². The molecule has 0 radical (unpaired) electrons. The molecule has 2 aromatic heterocycles. The zero-order chi connectivity index (χ0) is 13.7. The standard InChI is InChI=1S/C14H21N5/c1-4-8-15-13-10-11(5-2)17-14(18-13)12-7-9-16-19(12)6-3/h7,9-10H,4-6,8H2,1-3H3,(H,15,17,18). The van der Waals surface area contributed by atoms with Crippen molar-refractivity contribution in [2.75, 3.05) is 11.9 Å². The molecule has 2 rings (SSSR count). The average Bonchev–Trinajstić information content (AvgIpc) is 2.93. The monoisotopic (exact) mass is 259 g/mol. The normalized spacial score (nSPS) is 10.7. The highest BCUT2D eigenvalue weighted by molar-refractivity contribution is 5.53. The van der Waals surface area contributed by atoms with Gasteiger partial charge in [0.1, 0.15) is 11.5 Å². The lowest BCUT2D eigenvalue weighted by Gasteiger charge is -2.09. The molecule has 0 saturated carbocycles. The fourth-order valence-electron chi connectivity index (χ4n) is 1.91. The van der Waals surface area contributed by atoms with E-state index < -0.39 is 0 Å². The predicted molar refractivity (Wildman–Crippen MR) is 77.1 cm³/mol. The topological polar surface area (TPSA) is 55.6 Å². The molecule has 2 heterocycles. The van der Waals surface area contributed by atoms with Gasteiger partial charge in [0.25, 0.3) is 0 Å². The van der Waals surface area contributed by atoms with E-state index in [1.54, 1.807) is 6.20 Å². The lowest BCUT2D eigenvalue weighted by molar-refractivity contribution is 0.663. The number of anilines is 1. The molecule has 0 aliphatic rings. The summed E-state index contributed by atoms with van der Waals surface area (Å²) in [5.74, 6) is 1.64. The smallest absolute Gasteiger partial charge is 0.180 e. The van der Waals surface area contributed by atoms with Gasteiger partial charge in [0.15, 0.2) is 5.82 Å². The second kappa shape index (κ2) is 6.31. The SMILES string of the molecule is CCCNc1cc(CC)nc(-c2ccnn2CC)n1. The van der Waals surface area contributed by atoms with Crippen LogP contribution in [0.1, 0.15) is 32.9 Å². The number of aromatic nitrogens is 4. The molecule has 0 aliphatic carbocycles. The number of hydrogen-bond acceptors (Lipinski definition) is 4. The summed E-state index contributed by atoms with van der Waals surface area (Å²) in [7, 11) is 0. The molecule has 0 amide bonds. The second-order valence-electron chi connectivity index (χ2n) is 4.38. The van der Waals surface area contributed by atoms with E-state index in [0.29, 0.717) is 0 Å². The van der Waals surface area contributed by atoms with E-state index in [1.165, 1.54) is 0 Å². The number of hydrogen-bond donors (Lipinski definition) is 1. The summed E-state index contributed by atoms with van der Waals surface area (Å²) in [4.78, 5) is 9.19. The molecule has 0 aromatic carbocycles. The molecule has 0 atom stereocenters. The minimum atomic E-state index is 0.748. The quantitative estimate of drug-likeness (QED) is 0.866. The van der Waals surface area contributed by atoms with E-state index in [9.17, 15) is 0 Å². The third kappa shape index (κ3) is 3.10. The van der Waals surface area contributed by atoms with Crippen molar-refractivity contribution in [3.63, 3.8) is 0 Å². The molecule has 0 spiro atoms. The minimum Gasteiger partial charge on any atom is -0.370 e. The molecule has 0 saturated heterocycles. The third-order valence-electron chi connectivity index (χ3n) is 2.94. The Labute approximate surface area is 114 Å². The molecule has 102 valence electrons. The molecule has 2 aromatic rings. The first-order valence-electron chi connectivity index (χ1n) is 6.92. The average molecular weight is 259 g/mol. The summed E-state index contributed by atoms with van der Waals surface area (Å²) in [6.07, 6.45) is 3.77. The van der Waals surface area contributed by atoms with Crippen LogP contribution in [0.3, 0.4) is 0 Å². The molecule has 5 heteroatoms. The predicted octanol–water partition coefficient (Wildman–Crippen LogP) is 2.74. The van der Waals surface area contributed by atoms with E-state index in [1.807, 2.05) is 16.8 Å². The van der Waals surface area contributed by atoms with Gasteiger partial charge in [0.05, 0.1) is 0 Å². The molecular weight excluding hydrogens is 238 g/mol. The summed E-state index contributed by atoms with van der Waals surface area (Å²) < 4.78 is 1.92. The maximum Gasteiger partial charge on any atom is 0.180 e. The molecule has 0 unspecified atom stereocenters. The lowest BCUT2D eigenvalue weighted by Crippen LogP contribution is -2.07. The van der Waals surface area contributed by atoms with Crippen LogP contribution >= 0.6 is 0 Å². The maximum absolute atomic E-state index is 4.60. The van der Waals surface area contributed by atoms with Gasteiger partial charge >= 0.3 is 0 Å². The van der Waals surface area contributed by atoms with Crippen molar-refractivity contribution in [3.8, 4) is 11.5 Å². The van der Waals surface area contributed by atoms with Crippen LogP contribution in [0.2, 0.25) is 0 Å². The van der Waals surface area contributed by atoms with Crippen LogP contribution < -0.4 is 5.32 Å². The highest BCUT2D eigenvalue weighted by Gasteiger charge is 2.10. The summed E-state index contributed by atoms with van der Waals surface area (Å²) >= 11 is 0. The number of nitrogens with one attached hydrogen (secondary N) is 1. The second-order valence-corrected chi connectivity index (χ2v) is 4.38. The van der Waals surface area contributed by atoms with E-state index in [0.717, 1.165) is 49.0 Å². The summed E-state index contributed by atoms with van der Waals surface area (Å²) in [5.41, 5.74) is 2.02. The Kier molecular flexibility index (Phi) is 4.49. The van der Waals surface area contributed by atoms with E-state index in [2.05, 4.69) is 41.2 Å². The van der Waals surface area contributed by atoms with E-state index in [-0.39, 0.29) is 0 Å². The van der Waals surface area contributed by atoms with Crippen LogP contribution in [0.5, 0.6) is 0 Å². The zero-order valence-electron chi connectivity index (χ0n) is 11.8. The highest BCUT2D eigenvalue weighted by atomic mass is 15.3. The molecule has 0 fully saturated rings. The van der Waals surface area contributed by atoms with Gasteiger partial charge in [-0.05, 0) is 25.8 Å². The van der Waals surface area contributed by atoms with E-state index >= 15 is 0 Å². The molecule has 5 nitrogen and oxygen atoms in total. The third-order valence-corrected chi connectivity index (χ3v) is 2.94. The highest BCUT2D eigenvalue weighted by Crippen LogP contribution is 2.18. The minimum absolute atomic E-state index is 0.748. The Bertz CT molecular complexity index is 532. The Balaban J connectivity index is 2.38. The van der Waals surface area contributed by atoms with Crippen molar-refractivity contribution in [2.24, 2.45) is 0 Å². The van der Waals surface area contributed by atoms with Crippen LogP contribution in [0.15, 0.2) is 18.3 Å². The molecule has 0 aliphatic heterocycles. The Morgan fingerprint density at radius 1 is 1.21 bits per heavy atom. The lowest BCUT2D eigenvalue weighted by atomic mass is 10.3. The van der Waals surface area contributed by atoms with Crippen molar-refractivity contribution < 1.29 is 0 Å². The Morgan fingerprint density at radius 3 is 2.74 bits per heavy atom. The number of rotatable bonds is 6. The number of aryl methyl sites for hydroxylation is 2. The summed E-state index contributed by atoms with van der Waals surface area (Å²) in [6.45, 7) is 8.05. The van der Waals surface area contributed by atoms with Crippen LogP contribution in [-0.2, 0) is 13.0 Å². The van der Waals surface area contributed by atoms with Crippen molar-refractivity contribution in [3.05, 3.63) is 24.0 Å². The van der Waals surface area contributed by atoms with Crippen LogP contribution in [0.4, 0.5) is 5.82 Å². The largest absolute Gasteiger partial charge is 0.370 e. The van der Waals surface area contributed by atoms with Gasteiger partial charge in [-0.15, -0.1) is 0 Å². The first-order chi connectivity index (χ1) is 9.28. The molecule has 19 heavy (non-hydrogen) atoms.